The van der Waals surface area contributed by atoms with Crippen molar-refractivity contribution in [3.8, 4) is 6.07 Å². The molecule has 0 atom stereocenters. The normalized spacial score (nSPS) is 14.4. The highest BCUT2D eigenvalue weighted by molar-refractivity contribution is 8.19. The third kappa shape index (κ3) is 4.40. The summed E-state index contributed by atoms with van der Waals surface area (Å²) in [7, 11) is 0. The van der Waals surface area contributed by atoms with Gasteiger partial charge >= 0.3 is 0 Å². The Bertz CT molecular complexity index is 1270. The summed E-state index contributed by atoms with van der Waals surface area (Å²) in [5, 5.41) is 19.2. The summed E-state index contributed by atoms with van der Waals surface area (Å²) in [4.78, 5) is 33.2. The van der Waals surface area contributed by atoms with E-state index in [-0.39, 0.29) is 16.4 Å². The van der Waals surface area contributed by atoms with Gasteiger partial charge in [0.1, 0.15) is 22.5 Å². The Morgan fingerprint density at radius 1 is 1.06 bits per heavy atom. The monoisotopic (exact) mass is 440 g/mol. The number of carbonyl (C=O) groups excluding carboxylic acids is 2. The molecular formula is C23H16N6O2S. The lowest BCUT2D eigenvalue weighted by molar-refractivity contribution is -0.110. The average Bonchev–Trinajstić information content (AvgIpc) is 3.27. The Kier molecular flexibility index (Phi) is 6.05. The summed E-state index contributed by atoms with van der Waals surface area (Å²) >= 11 is 1.02. The first-order chi connectivity index (χ1) is 15.6. The first kappa shape index (κ1) is 21.0. The van der Waals surface area contributed by atoms with E-state index >= 15 is 0 Å². The second kappa shape index (κ2) is 9.24. The number of ketones is 2. The number of allylic oxidation sites excluding steroid dienone is 1. The van der Waals surface area contributed by atoms with Crippen molar-refractivity contribution in [3.05, 3.63) is 89.4 Å². The van der Waals surface area contributed by atoms with Crippen molar-refractivity contribution in [1.82, 2.24) is 9.97 Å². The molecule has 0 saturated carbocycles. The van der Waals surface area contributed by atoms with E-state index in [2.05, 4.69) is 20.4 Å². The number of rotatable bonds is 6. The number of carbonyl (C=O) groups is 2. The highest BCUT2D eigenvalue weighted by atomic mass is 32.2. The van der Waals surface area contributed by atoms with Crippen molar-refractivity contribution < 1.29 is 9.59 Å². The zero-order valence-corrected chi connectivity index (χ0v) is 17.7. The van der Waals surface area contributed by atoms with Crippen molar-refractivity contribution in [2.75, 3.05) is 10.3 Å². The number of hydrogen-bond acceptors (Lipinski definition) is 9. The zero-order chi connectivity index (χ0) is 22.5. The minimum absolute atomic E-state index is 0.0894. The SMILES string of the molecule is CC(=O)C1=NN(c2ccccc2)C(=C(C#N)C(=O)c2ccc(Nc3cnccn3)cc2)S1. The fourth-order valence-corrected chi connectivity index (χ4v) is 3.81. The molecule has 0 aliphatic carbocycles. The van der Waals surface area contributed by atoms with Gasteiger partial charge in [0.15, 0.2) is 10.8 Å². The van der Waals surface area contributed by atoms with Crippen LogP contribution in [0, 0.1) is 11.3 Å². The van der Waals surface area contributed by atoms with Crippen LogP contribution in [-0.4, -0.2) is 26.6 Å². The Balaban J connectivity index is 1.65. The number of nitriles is 1. The predicted molar refractivity (Wildman–Crippen MR) is 123 cm³/mol. The highest BCUT2D eigenvalue weighted by Crippen LogP contribution is 2.37. The molecule has 0 amide bonds. The number of aromatic nitrogens is 2. The second-order valence-electron chi connectivity index (χ2n) is 6.62. The summed E-state index contributed by atoms with van der Waals surface area (Å²) in [6.07, 6.45) is 4.73. The average molecular weight is 440 g/mol. The van der Waals surface area contributed by atoms with Crippen molar-refractivity contribution in [3.63, 3.8) is 0 Å². The van der Waals surface area contributed by atoms with Gasteiger partial charge in [0.05, 0.1) is 11.9 Å². The van der Waals surface area contributed by atoms with Crippen LogP contribution in [0.3, 0.4) is 0 Å². The van der Waals surface area contributed by atoms with E-state index in [1.54, 1.807) is 55.0 Å². The molecule has 4 rings (SSSR count). The van der Waals surface area contributed by atoms with Gasteiger partial charge in [0.2, 0.25) is 5.78 Å². The standard InChI is InChI=1S/C23H16N6O2S/c1-15(30)22-28-29(18-5-3-2-4-6-18)23(32-22)19(13-24)21(31)16-7-9-17(10-8-16)27-20-14-25-11-12-26-20/h2-12,14H,1H3,(H,26,27). The lowest BCUT2D eigenvalue weighted by Crippen LogP contribution is -2.15. The van der Waals surface area contributed by atoms with Crippen LogP contribution < -0.4 is 10.3 Å². The van der Waals surface area contributed by atoms with Crippen LogP contribution in [0.25, 0.3) is 0 Å². The van der Waals surface area contributed by atoms with E-state index in [9.17, 15) is 14.9 Å². The molecule has 0 spiro atoms. The maximum absolute atomic E-state index is 13.2. The molecule has 8 nitrogen and oxygen atoms in total. The number of hydrogen-bond donors (Lipinski definition) is 1. The second-order valence-corrected chi connectivity index (χ2v) is 7.60. The molecule has 0 unspecified atom stereocenters. The predicted octanol–water partition coefficient (Wildman–Crippen LogP) is 4.29. The van der Waals surface area contributed by atoms with Crippen LogP contribution in [-0.2, 0) is 4.79 Å². The lowest BCUT2D eigenvalue weighted by atomic mass is 10.0. The Morgan fingerprint density at radius 2 is 1.81 bits per heavy atom. The number of nitrogens with one attached hydrogen (secondary N) is 1. The minimum atomic E-state index is -0.456. The molecule has 0 saturated heterocycles. The molecule has 1 aliphatic rings. The van der Waals surface area contributed by atoms with Gasteiger partial charge in [-0.2, -0.15) is 10.4 Å². The number of nitrogens with zero attached hydrogens (tertiary/aromatic N) is 5. The van der Waals surface area contributed by atoms with Crippen LogP contribution in [0.1, 0.15) is 17.3 Å². The molecule has 9 heteroatoms. The largest absolute Gasteiger partial charge is 0.339 e. The van der Waals surface area contributed by atoms with Gasteiger partial charge in [-0.3, -0.25) is 14.6 Å². The van der Waals surface area contributed by atoms with Gasteiger partial charge in [-0.05, 0) is 48.2 Å². The van der Waals surface area contributed by atoms with Crippen molar-refractivity contribution >= 4 is 45.6 Å². The Morgan fingerprint density at radius 3 is 2.44 bits per heavy atom. The van der Waals surface area contributed by atoms with Gasteiger partial charge in [-0.15, -0.1) is 0 Å². The highest BCUT2D eigenvalue weighted by Gasteiger charge is 2.31. The van der Waals surface area contributed by atoms with E-state index in [0.717, 1.165) is 17.4 Å². The number of anilines is 3. The summed E-state index contributed by atoms with van der Waals surface area (Å²) < 4.78 is 0. The fraction of sp³-hybridized carbons (Fsp3) is 0.0435. The molecule has 1 N–H and O–H groups in total. The fourth-order valence-electron chi connectivity index (χ4n) is 2.89. The zero-order valence-electron chi connectivity index (χ0n) is 16.9. The van der Waals surface area contributed by atoms with Gasteiger partial charge in [-0.1, -0.05) is 18.2 Å². The topological polar surface area (TPSA) is 111 Å². The van der Waals surface area contributed by atoms with E-state index < -0.39 is 5.78 Å². The molecule has 2 heterocycles. The molecule has 3 aromatic rings. The van der Waals surface area contributed by atoms with Gasteiger partial charge in [0.25, 0.3) is 0 Å². The van der Waals surface area contributed by atoms with Crippen LogP contribution in [0.4, 0.5) is 17.2 Å². The molecule has 0 radical (unpaired) electrons. The van der Waals surface area contributed by atoms with Crippen molar-refractivity contribution in [2.24, 2.45) is 5.10 Å². The van der Waals surface area contributed by atoms with E-state index in [4.69, 9.17) is 0 Å². The smallest absolute Gasteiger partial charge is 0.206 e. The molecule has 0 fully saturated rings. The van der Waals surface area contributed by atoms with E-state index in [1.165, 1.54) is 11.9 Å². The molecule has 2 aromatic carbocycles. The molecule has 1 aliphatic heterocycles. The maximum atomic E-state index is 13.2. The van der Waals surface area contributed by atoms with Crippen LogP contribution in [0.2, 0.25) is 0 Å². The van der Waals surface area contributed by atoms with Gasteiger partial charge in [-0.25, -0.2) is 9.99 Å². The number of hydrazone groups is 1. The number of para-hydroxylation sites is 1. The minimum Gasteiger partial charge on any atom is -0.339 e. The van der Waals surface area contributed by atoms with Crippen LogP contribution >= 0.6 is 11.8 Å². The Labute approximate surface area is 188 Å². The quantitative estimate of drug-likeness (QED) is 0.343. The van der Waals surface area contributed by atoms with Crippen LogP contribution in [0.15, 0.2) is 88.9 Å². The van der Waals surface area contributed by atoms with E-state index in [0.29, 0.717) is 22.1 Å². The Hall–Kier alpha value is -4.29. The molecule has 32 heavy (non-hydrogen) atoms. The van der Waals surface area contributed by atoms with Crippen LogP contribution in [0.5, 0.6) is 0 Å². The summed E-state index contributed by atoms with van der Waals surface area (Å²) in [6.45, 7) is 1.40. The molecule has 156 valence electrons. The van der Waals surface area contributed by atoms with Crippen molar-refractivity contribution in [1.29, 1.82) is 5.26 Å². The van der Waals surface area contributed by atoms with Gasteiger partial charge in [0, 0.05) is 30.6 Å². The van der Waals surface area contributed by atoms with E-state index in [1.807, 2.05) is 24.3 Å². The molecule has 0 bridgehead atoms. The first-order valence-electron chi connectivity index (χ1n) is 9.51. The summed E-state index contributed by atoms with van der Waals surface area (Å²) in [5.41, 5.74) is 1.61. The summed E-state index contributed by atoms with van der Waals surface area (Å²) in [6, 6.07) is 17.7. The summed E-state index contributed by atoms with van der Waals surface area (Å²) in [5.74, 6) is -0.127. The lowest BCUT2D eigenvalue weighted by Gasteiger charge is -2.16. The maximum Gasteiger partial charge on any atom is 0.206 e. The first-order valence-corrected chi connectivity index (χ1v) is 10.3. The van der Waals surface area contributed by atoms with Crippen molar-refractivity contribution in [2.45, 2.75) is 6.92 Å². The molecule has 1 aromatic heterocycles. The number of benzene rings is 2. The number of Topliss-reactive ketones (excluding diaryl/α,β-unsaturated/α-hetero) is 2. The third-order valence-corrected chi connectivity index (χ3v) is 5.55. The van der Waals surface area contributed by atoms with Gasteiger partial charge < -0.3 is 5.32 Å². The number of thioether (sulfide) groups is 1. The molecular weight excluding hydrogens is 424 g/mol. The third-order valence-electron chi connectivity index (χ3n) is 4.41.